The molecule has 0 amide bonds. The molecule has 2 heterocycles. The van der Waals surface area contributed by atoms with Gasteiger partial charge in [-0.1, -0.05) is 11.8 Å². The zero-order chi connectivity index (χ0) is 28.6. The summed E-state index contributed by atoms with van der Waals surface area (Å²) in [5.74, 6) is -1.84. The quantitative estimate of drug-likeness (QED) is 0.0514. The van der Waals surface area contributed by atoms with Crippen LogP contribution in [0.15, 0.2) is 16.3 Å². The molecular formula is C22H30N6O9S. The fourth-order valence-electron chi connectivity index (χ4n) is 3.33. The van der Waals surface area contributed by atoms with E-state index in [4.69, 9.17) is 18.9 Å². The van der Waals surface area contributed by atoms with E-state index in [0.717, 1.165) is 6.92 Å². The van der Waals surface area contributed by atoms with Crippen molar-refractivity contribution in [3.63, 3.8) is 0 Å². The number of esters is 3. The first-order chi connectivity index (χ1) is 17.8. The number of hydrogen-bond donors (Lipinski definition) is 0. The lowest BCUT2D eigenvalue weighted by Gasteiger charge is -2.30. The van der Waals surface area contributed by atoms with Gasteiger partial charge in [0.25, 0.3) is 5.69 Å². The molecule has 15 nitrogen and oxygen atoms in total. The van der Waals surface area contributed by atoms with E-state index < -0.39 is 41.1 Å². The number of carbonyl (C=O) groups excluding carboxylic acids is 3. The predicted molar refractivity (Wildman–Crippen MR) is 136 cm³/mol. The van der Waals surface area contributed by atoms with Crippen LogP contribution in [0.1, 0.15) is 27.7 Å². The third-order valence-corrected chi connectivity index (χ3v) is 5.36. The van der Waals surface area contributed by atoms with E-state index in [1.54, 1.807) is 25.3 Å². The average molecular weight is 555 g/mol. The zero-order valence-corrected chi connectivity index (χ0v) is 22.9. The van der Waals surface area contributed by atoms with Gasteiger partial charge in [-0.05, 0) is 13.2 Å². The number of aliphatic imine (C=N–C) groups is 1. The van der Waals surface area contributed by atoms with Crippen LogP contribution in [0.5, 0.6) is 0 Å². The van der Waals surface area contributed by atoms with E-state index in [9.17, 15) is 24.5 Å². The number of nitrogens with zero attached hydrogens (tertiary/aromatic N) is 6. The second kappa shape index (κ2) is 13.7. The van der Waals surface area contributed by atoms with Crippen molar-refractivity contribution in [3.8, 4) is 0 Å². The van der Waals surface area contributed by atoms with Crippen LogP contribution in [0.2, 0.25) is 0 Å². The standard InChI is InChI=1S/C22H30N6O9S/c1-12(36-14(3)30)19(37-15(4)31)17(9-34-13(2)29)35-11-27-8-16(28(32)33)18-20(23-10-26(5)6)24-22(38-7)25-21(18)27/h8,10,12,17,19H,9,11H2,1-7H3/t12-,17+,19-/m0/s1. The van der Waals surface area contributed by atoms with Crippen molar-refractivity contribution in [1.82, 2.24) is 19.4 Å². The topological polar surface area (TPSA) is 178 Å². The maximum Gasteiger partial charge on any atom is 0.303 e. The van der Waals surface area contributed by atoms with Gasteiger partial charge in [-0.15, -0.1) is 0 Å². The largest absolute Gasteiger partial charge is 0.463 e. The van der Waals surface area contributed by atoms with Crippen molar-refractivity contribution in [2.75, 3.05) is 27.0 Å². The van der Waals surface area contributed by atoms with Crippen molar-refractivity contribution in [2.24, 2.45) is 4.99 Å². The van der Waals surface area contributed by atoms with E-state index in [1.807, 2.05) is 0 Å². The molecule has 0 unspecified atom stereocenters. The third kappa shape index (κ3) is 8.37. The van der Waals surface area contributed by atoms with Crippen molar-refractivity contribution in [3.05, 3.63) is 16.3 Å². The Morgan fingerprint density at radius 2 is 1.84 bits per heavy atom. The predicted octanol–water partition coefficient (Wildman–Crippen LogP) is 2.07. The molecule has 0 aliphatic heterocycles. The fourth-order valence-corrected chi connectivity index (χ4v) is 3.68. The monoisotopic (exact) mass is 554 g/mol. The van der Waals surface area contributed by atoms with Gasteiger partial charge in [0.15, 0.2) is 22.7 Å². The number of ether oxygens (including phenoxy) is 4. The summed E-state index contributed by atoms with van der Waals surface area (Å²) in [4.78, 5) is 60.7. The van der Waals surface area contributed by atoms with Crippen LogP contribution >= 0.6 is 11.8 Å². The average Bonchev–Trinajstić information content (AvgIpc) is 3.19. The van der Waals surface area contributed by atoms with Crippen molar-refractivity contribution < 1.29 is 38.3 Å². The Kier molecular flexibility index (Phi) is 10.9. The maximum absolute atomic E-state index is 11.9. The van der Waals surface area contributed by atoms with E-state index in [1.165, 1.54) is 49.6 Å². The molecule has 0 aromatic carbocycles. The SMILES string of the molecule is CSc1nc(N=CN(C)C)c2c([N+](=O)[O-])cn(CO[C@H](COC(C)=O)[C@@H](OC(C)=O)[C@H](C)OC(C)=O)c2n1. The number of thioether (sulfide) groups is 1. The molecule has 0 aliphatic carbocycles. The van der Waals surface area contributed by atoms with E-state index in [-0.39, 0.29) is 35.9 Å². The van der Waals surface area contributed by atoms with E-state index >= 15 is 0 Å². The van der Waals surface area contributed by atoms with Gasteiger partial charge in [0.1, 0.15) is 30.9 Å². The van der Waals surface area contributed by atoms with Crippen LogP contribution in [0.3, 0.4) is 0 Å². The molecule has 0 saturated carbocycles. The summed E-state index contributed by atoms with van der Waals surface area (Å²) >= 11 is 1.22. The third-order valence-electron chi connectivity index (χ3n) is 4.81. The molecule has 0 radical (unpaired) electrons. The molecule has 0 saturated heterocycles. The molecule has 2 rings (SSSR count). The summed E-state index contributed by atoms with van der Waals surface area (Å²) in [6, 6.07) is 0. The van der Waals surface area contributed by atoms with Crippen molar-refractivity contribution >= 4 is 58.5 Å². The second-order valence-corrected chi connectivity index (χ2v) is 8.98. The van der Waals surface area contributed by atoms with Gasteiger partial charge in [0.2, 0.25) is 0 Å². The summed E-state index contributed by atoms with van der Waals surface area (Å²) in [5.41, 5.74) is -0.131. The van der Waals surface area contributed by atoms with Crippen LogP contribution in [0, 0.1) is 10.1 Å². The van der Waals surface area contributed by atoms with Gasteiger partial charge in [-0.2, -0.15) is 0 Å². The fraction of sp³-hybridized carbons (Fsp3) is 0.545. The Balaban J connectivity index is 2.55. The van der Waals surface area contributed by atoms with Gasteiger partial charge in [0.05, 0.1) is 17.5 Å². The lowest BCUT2D eigenvalue weighted by molar-refractivity contribution is -0.383. The highest BCUT2D eigenvalue weighted by molar-refractivity contribution is 7.98. The molecule has 2 aromatic rings. The highest BCUT2D eigenvalue weighted by atomic mass is 32.2. The molecule has 0 bridgehead atoms. The molecular weight excluding hydrogens is 524 g/mol. The molecule has 38 heavy (non-hydrogen) atoms. The van der Waals surface area contributed by atoms with E-state index in [0.29, 0.717) is 5.16 Å². The number of rotatable bonds is 13. The number of hydrogen-bond acceptors (Lipinski definition) is 13. The molecule has 2 aromatic heterocycles. The minimum atomic E-state index is -1.16. The zero-order valence-electron chi connectivity index (χ0n) is 22.1. The smallest absolute Gasteiger partial charge is 0.303 e. The number of carbonyl (C=O) groups is 3. The molecule has 0 spiro atoms. The van der Waals surface area contributed by atoms with Crippen LogP contribution in [0.4, 0.5) is 11.5 Å². The van der Waals surface area contributed by atoms with Gasteiger partial charge < -0.3 is 28.4 Å². The van der Waals surface area contributed by atoms with E-state index in [2.05, 4.69) is 15.0 Å². The number of aromatic nitrogens is 3. The molecule has 0 aliphatic rings. The minimum absolute atomic E-state index is 0.0934. The molecule has 16 heteroatoms. The lowest BCUT2D eigenvalue weighted by Crippen LogP contribution is -2.45. The first kappa shape index (κ1) is 30.4. The Labute approximate surface area is 222 Å². The van der Waals surface area contributed by atoms with Crippen molar-refractivity contribution in [1.29, 1.82) is 0 Å². The van der Waals surface area contributed by atoms with Crippen molar-refractivity contribution in [2.45, 2.75) is 57.9 Å². The molecule has 208 valence electrons. The van der Waals surface area contributed by atoms with Crippen LogP contribution in [-0.2, 0) is 40.1 Å². The van der Waals surface area contributed by atoms with Gasteiger partial charge in [0, 0.05) is 34.9 Å². The minimum Gasteiger partial charge on any atom is -0.463 e. The number of nitro groups is 1. The Morgan fingerprint density at radius 3 is 2.37 bits per heavy atom. The normalized spacial score (nSPS) is 13.7. The summed E-state index contributed by atoms with van der Waals surface area (Å²) in [5, 5.41) is 12.3. The lowest BCUT2D eigenvalue weighted by atomic mass is 10.1. The highest BCUT2D eigenvalue weighted by Gasteiger charge is 2.34. The molecule has 3 atom stereocenters. The maximum atomic E-state index is 11.9. The second-order valence-electron chi connectivity index (χ2n) is 8.21. The number of fused-ring (bicyclic) bond motifs is 1. The van der Waals surface area contributed by atoms with Crippen LogP contribution < -0.4 is 0 Å². The Hall–Kier alpha value is -3.79. The Morgan fingerprint density at radius 1 is 1.18 bits per heavy atom. The highest BCUT2D eigenvalue weighted by Crippen LogP contribution is 2.35. The van der Waals surface area contributed by atoms with Crippen LogP contribution in [-0.4, -0.2) is 93.9 Å². The first-order valence-corrected chi connectivity index (χ1v) is 12.5. The summed E-state index contributed by atoms with van der Waals surface area (Å²) in [6.07, 6.45) is 1.18. The first-order valence-electron chi connectivity index (χ1n) is 11.2. The van der Waals surface area contributed by atoms with Gasteiger partial charge in [-0.3, -0.25) is 24.5 Å². The van der Waals surface area contributed by atoms with Gasteiger partial charge >= 0.3 is 17.9 Å². The molecule has 0 fully saturated rings. The van der Waals surface area contributed by atoms with Crippen LogP contribution in [0.25, 0.3) is 11.0 Å². The summed E-state index contributed by atoms with van der Waals surface area (Å²) in [7, 11) is 3.48. The van der Waals surface area contributed by atoms with Gasteiger partial charge in [-0.25, -0.2) is 15.0 Å². The Bertz CT molecular complexity index is 1220. The summed E-state index contributed by atoms with van der Waals surface area (Å²) in [6.45, 7) is 4.34. The molecule has 0 N–H and O–H groups in total. The summed E-state index contributed by atoms with van der Waals surface area (Å²) < 4.78 is 22.9.